The van der Waals surface area contributed by atoms with Crippen molar-refractivity contribution in [3.05, 3.63) is 16.6 Å². The molecular formula is C14H23N3OS. The average Bonchev–Trinajstić information content (AvgIpc) is 2.96. The molecule has 2 heterocycles. The van der Waals surface area contributed by atoms with Crippen LogP contribution in [0.5, 0.6) is 0 Å². The zero-order valence-electron chi connectivity index (χ0n) is 11.7. The number of piperidine rings is 1. The van der Waals surface area contributed by atoms with Crippen LogP contribution in [0.2, 0.25) is 0 Å². The van der Waals surface area contributed by atoms with E-state index in [9.17, 15) is 4.79 Å². The highest BCUT2D eigenvalue weighted by atomic mass is 32.1. The van der Waals surface area contributed by atoms with Crippen LogP contribution in [-0.4, -0.2) is 53.9 Å². The summed E-state index contributed by atoms with van der Waals surface area (Å²) in [4.78, 5) is 20.5. The van der Waals surface area contributed by atoms with E-state index in [1.165, 1.54) is 24.3 Å². The minimum Gasteiger partial charge on any atom is -0.343 e. The Morgan fingerprint density at radius 1 is 1.37 bits per heavy atom. The van der Waals surface area contributed by atoms with Gasteiger partial charge in [-0.3, -0.25) is 4.79 Å². The Balaban J connectivity index is 1.62. The third-order valence-corrected chi connectivity index (χ3v) is 4.45. The summed E-state index contributed by atoms with van der Waals surface area (Å²) in [7, 11) is 2.08. The molecule has 1 aliphatic heterocycles. The van der Waals surface area contributed by atoms with Crippen molar-refractivity contribution in [1.29, 1.82) is 0 Å². The molecule has 0 N–H and O–H groups in total. The average molecular weight is 281 g/mol. The van der Waals surface area contributed by atoms with E-state index in [1.807, 2.05) is 16.5 Å². The van der Waals surface area contributed by atoms with E-state index in [0.29, 0.717) is 12.3 Å². The van der Waals surface area contributed by atoms with E-state index in [0.717, 1.165) is 32.6 Å². The number of rotatable bonds is 6. The van der Waals surface area contributed by atoms with E-state index in [2.05, 4.69) is 16.9 Å². The summed E-state index contributed by atoms with van der Waals surface area (Å²) in [5.41, 5.74) is 0. The topological polar surface area (TPSA) is 36.4 Å². The van der Waals surface area contributed by atoms with Gasteiger partial charge >= 0.3 is 0 Å². The molecule has 0 saturated carbocycles. The zero-order valence-corrected chi connectivity index (χ0v) is 12.5. The molecule has 5 heteroatoms. The molecule has 1 fully saturated rings. The molecule has 1 amide bonds. The van der Waals surface area contributed by atoms with Crippen molar-refractivity contribution in [3.8, 4) is 0 Å². The van der Waals surface area contributed by atoms with Gasteiger partial charge in [-0.2, -0.15) is 0 Å². The van der Waals surface area contributed by atoms with Crippen LogP contribution in [0, 0.1) is 0 Å². The standard InChI is InChI=1S/C14H23N3OS/c1-16(10-5-13-15-7-12-19-13)11-6-14(18)17-8-3-2-4-9-17/h7,12H,2-6,8-11H2,1H3. The van der Waals surface area contributed by atoms with E-state index in [-0.39, 0.29) is 0 Å². The molecule has 1 aliphatic rings. The molecule has 106 valence electrons. The van der Waals surface area contributed by atoms with Crippen molar-refractivity contribution in [3.63, 3.8) is 0 Å². The lowest BCUT2D eigenvalue weighted by atomic mass is 10.1. The predicted molar refractivity (Wildman–Crippen MR) is 78.4 cm³/mol. The molecule has 19 heavy (non-hydrogen) atoms. The van der Waals surface area contributed by atoms with Gasteiger partial charge in [0.2, 0.25) is 5.91 Å². The lowest BCUT2D eigenvalue weighted by Crippen LogP contribution is -2.37. The van der Waals surface area contributed by atoms with Crippen molar-refractivity contribution in [2.75, 3.05) is 33.2 Å². The third kappa shape index (κ3) is 4.91. The van der Waals surface area contributed by atoms with Crippen LogP contribution in [0.1, 0.15) is 30.7 Å². The fraction of sp³-hybridized carbons (Fsp3) is 0.714. The number of thiazole rings is 1. The SMILES string of the molecule is CN(CCC(=O)N1CCCCC1)CCc1nccs1. The van der Waals surface area contributed by atoms with Crippen molar-refractivity contribution in [2.45, 2.75) is 32.1 Å². The number of hydrogen-bond donors (Lipinski definition) is 0. The summed E-state index contributed by atoms with van der Waals surface area (Å²) in [6.45, 7) is 3.74. The van der Waals surface area contributed by atoms with Gasteiger partial charge in [0.15, 0.2) is 0 Å². The van der Waals surface area contributed by atoms with E-state index < -0.39 is 0 Å². The second kappa shape index (κ2) is 7.60. The largest absolute Gasteiger partial charge is 0.343 e. The third-order valence-electron chi connectivity index (χ3n) is 3.61. The van der Waals surface area contributed by atoms with Crippen molar-refractivity contribution in [1.82, 2.24) is 14.8 Å². The van der Waals surface area contributed by atoms with Gasteiger partial charge in [0.05, 0.1) is 5.01 Å². The van der Waals surface area contributed by atoms with Crippen LogP contribution < -0.4 is 0 Å². The number of amides is 1. The van der Waals surface area contributed by atoms with E-state index >= 15 is 0 Å². The highest BCUT2D eigenvalue weighted by Crippen LogP contribution is 2.10. The van der Waals surface area contributed by atoms with Gasteiger partial charge in [0.25, 0.3) is 0 Å². The summed E-state index contributed by atoms with van der Waals surface area (Å²) in [5, 5.41) is 3.18. The first-order chi connectivity index (χ1) is 9.25. The maximum absolute atomic E-state index is 12.0. The quantitative estimate of drug-likeness (QED) is 0.800. The van der Waals surface area contributed by atoms with Gasteiger partial charge in [0.1, 0.15) is 0 Å². The molecule has 0 bridgehead atoms. The van der Waals surface area contributed by atoms with Gasteiger partial charge < -0.3 is 9.80 Å². The molecular weight excluding hydrogens is 258 g/mol. The van der Waals surface area contributed by atoms with Crippen LogP contribution in [0.15, 0.2) is 11.6 Å². The summed E-state index contributed by atoms with van der Waals surface area (Å²) in [6.07, 6.45) is 7.09. The van der Waals surface area contributed by atoms with Crippen molar-refractivity contribution in [2.24, 2.45) is 0 Å². The number of aromatic nitrogens is 1. The van der Waals surface area contributed by atoms with Gasteiger partial charge in [-0.1, -0.05) is 0 Å². The van der Waals surface area contributed by atoms with Crippen LogP contribution in [0.4, 0.5) is 0 Å². The number of likely N-dealkylation sites (N-methyl/N-ethyl adjacent to an activating group) is 1. The molecule has 4 nitrogen and oxygen atoms in total. The van der Waals surface area contributed by atoms with Crippen molar-refractivity contribution >= 4 is 17.2 Å². The fourth-order valence-electron chi connectivity index (χ4n) is 2.36. The molecule has 1 saturated heterocycles. The Hall–Kier alpha value is -0.940. The highest BCUT2D eigenvalue weighted by Gasteiger charge is 2.16. The zero-order chi connectivity index (χ0) is 13.5. The minimum atomic E-state index is 0.320. The van der Waals surface area contributed by atoms with Crippen LogP contribution in [0.3, 0.4) is 0 Å². The Kier molecular flexibility index (Phi) is 5.79. The van der Waals surface area contributed by atoms with Gasteiger partial charge in [-0.15, -0.1) is 11.3 Å². The Morgan fingerprint density at radius 3 is 2.84 bits per heavy atom. The molecule has 0 radical (unpaired) electrons. The van der Waals surface area contributed by atoms with Crippen molar-refractivity contribution < 1.29 is 4.79 Å². The van der Waals surface area contributed by atoms with Gasteiger partial charge in [-0.05, 0) is 26.3 Å². The second-order valence-electron chi connectivity index (χ2n) is 5.17. The number of carbonyl (C=O) groups is 1. The molecule has 1 aromatic heterocycles. The number of hydrogen-bond acceptors (Lipinski definition) is 4. The highest BCUT2D eigenvalue weighted by molar-refractivity contribution is 7.09. The first-order valence-corrected chi connectivity index (χ1v) is 7.98. The summed E-state index contributed by atoms with van der Waals surface area (Å²) in [6, 6.07) is 0. The lowest BCUT2D eigenvalue weighted by molar-refractivity contribution is -0.132. The molecule has 0 spiro atoms. The molecule has 0 aliphatic carbocycles. The second-order valence-corrected chi connectivity index (χ2v) is 6.15. The van der Waals surface area contributed by atoms with Crippen LogP contribution in [0.25, 0.3) is 0 Å². The minimum absolute atomic E-state index is 0.320. The number of nitrogens with zero attached hydrogens (tertiary/aromatic N) is 3. The van der Waals surface area contributed by atoms with E-state index in [1.54, 1.807) is 11.3 Å². The summed E-state index contributed by atoms with van der Waals surface area (Å²) in [5.74, 6) is 0.320. The maximum Gasteiger partial charge on any atom is 0.223 e. The Morgan fingerprint density at radius 2 is 2.16 bits per heavy atom. The first-order valence-electron chi connectivity index (χ1n) is 7.10. The number of likely N-dealkylation sites (tertiary alicyclic amines) is 1. The first kappa shape index (κ1) is 14.5. The maximum atomic E-state index is 12.0. The molecule has 2 rings (SSSR count). The van der Waals surface area contributed by atoms with Gasteiger partial charge in [-0.25, -0.2) is 4.98 Å². The Labute approximate surface area is 119 Å². The Bertz CT molecular complexity index is 374. The molecule has 0 aromatic carbocycles. The monoisotopic (exact) mass is 281 g/mol. The molecule has 0 unspecified atom stereocenters. The smallest absolute Gasteiger partial charge is 0.223 e. The fourth-order valence-corrected chi connectivity index (χ4v) is 2.97. The lowest BCUT2D eigenvalue weighted by Gasteiger charge is -2.27. The van der Waals surface area contributed by atoms with Crippen LogP contribution in [-0.2, 0) is 11.2 Å². The number of carbonyl (C=O) groups excluding carboxylic acids is 1. The van der Waals surface area contributed by atoms with Crippen LogP contribution >= 0.6 is 11.3 Å². The summed E-state index contributed by atoms with van der Waals surface area (Å²) >= 11 is 1.70. The summed E-state index contributed by atoms with van der Waals surface area (Å²) < 4.78 is 0. The normalized spacial score (nSPS) is 16.0. The predicted octanol–water partition coefficient (Wildman–Crippen LogP) is 2.02. The van der Waals surface area contributed by atoms with E-state index in [4.69, 9.17) is 0 Å². The van der Waals surface area contributed by atoms with Gasteiger partial charge in [0, 0.05) is 50.6 Å². The molecule has 1 aromatic rings. The molecule has 0 atom stereocenters.